The number of hydrogen-bond acceptors (Lipinski definition) is 7. The lowest BCUT2D eigenvalue weighted by Gasteiger charge is -2.06. The van der Waals surface area contributed by atoms with Crippen molar-refractivity contribution in [3.63, 3.8) is 0 Å². The summed E-state index contributed by atoms with van der Waals surface area (Å²) in [6, 6.07) is 14.5. The van der Waals surface area contributed by atoms with Crippen LogP contribution in [0.3, 0.4) is 0 Å². The zero-order valence-electron chi connectivity index (χ0n) is 16.7. The number of nitrogens with zero attached hydrogens (tertiary/aromatic N) is 2. The van der Waals surface area contributed by atoms with Crippen molar-refractivity contribution in [1.29, 1.82) is 0 Å². The van der Waals surface area contributed by atoms with E-state index in [2.05, 4.69) is 5.10 Å². The van der Waals surface area contributed by atoms with Gasteiger partial charge in [-0.05, 0) is 42.0 Å². The molecule has 0 aliphatic rings. The van der Waals surface area contributed by atoms with Crippen molar-refractivity contribution in [2.75, 3.05) is 7.11 Å². The first-order valence-electron chi connectivity index (χ1n) is 9.21. The number of rotatable bonds is 7. The van der Waals surface area contributed by atoms with Gasteiger partial charge in [-0.3, -0.25) is 4.68 Å². The van der Waals surface area contributed by atoms with Crippen molar-refractivity contribution in [3.05, 3.63) is 70.2 Å². The normalized spacial score (nSPS) is 12.3. The fraction of sp³-hybridized carbons (Fsp3) is 0.150. The van der Waals surface area contributed by atoms with Gasteiger partial charge in [0.1, 0.15) is 15.7 Å². The second kappa shape index (κ2) is 8.49. The Morgan fingerprint density at radius 2 is 1.78 bits per heavy atom. The number of methoxy groups -OCH3 is 1. The van der Waals surface area contributed by atoms with E-state index >= 15 is 0 Å². The largest absolute Gasteiger partial charge is 0.496 e. The average Bonchev–Trinajstić information content (AvgIpc) is 3.32. The fourth-order valence-corrected chi connectivity index (χ4v) is 6.70. The molecule has 0 amide bonds. The van der Waals surface area contributed by atoms with Crippen molar-refractivity contribution in [2.45, 2.75) is 21.4 Å². The van der Waals surface area contributed by atoms with Crippen LogP contribution in [0.1, 0.15) is 11.3 Å². The molecule has 2 aromatic carbocycles. The monoisotopic (exact) mass is 511 g/mol. The summed E-state index contributed by atoms with van der Waals surface area (Å²) >= 11 is 6.91. The van der Waals surface area contributed by atoms with Crippen molar-refractivity contribution >= 4 is 53.7 Å². The van der Waals surface area contributed by atoms with Crippen LogP contribution < -0.4 is 9.88 Å². The van der Waals surface area contributed by atoms with Crippen LogP contribution in [0.25, 0.3) is 10.9 Å². The number of sulfone groups is 1. The fourth-order valence-electron chi connectivity index (χ4n) is 3.34. The van der Waals surface area contributed by atoms with Crippen LogP contribution in [0, 0.1) is 0 Å². The lowest BCUT2D eigenvalue weighted by molar-refractivity contribution is 0.419. The number of thiophene rings is 1. The molecule has 4 aromatic rings. The van der Waals surface area contributed by atoms with Crippen LogP contribution in [0.5, 0.6) is 5.75 Å². The van der Waals surface area contributed by atoms with E-state index in [1.807, 2.05) is 6.07 Å². The Hall–Kier alpha value is -2.44. The Bertz CT molecular complexity index is 1510. The molecule has 0 saturated carbocycles. The number of ether oxygens (including phenoxy) is 1. The first-order chi connectivity index (χ1) is 15.1. The number of fused-ring (bicyclic) bond motifs is 1. The maximum absolute atomic E-state index is 13.0. The SMILES string of the molecule is COc1cccc2c1c(CS(=O)(=O)c1ccc(Cl)s1)nn2Cc1ccc(S(N)(=O)=O)cc1. The summed E-state index contributed by atoms with van der Waals surface area (Å²) in [7, 11) is -5.95. The molecule has 2 heterocycles. The molecule has 0 fully saturated rings. The molecule has 0 bridgehead atoms. The van der Waals surface area contributed by atoms with Crippen molar-refractivity contribution in [3.8, 4) is 5.75 Å². The zero-order valence-corrected chi connectivity index (χ0v) is 19.9. The summed E-state index contributed by atoms with van der Waals surface area (Å²) in [6.45, 7) is 0.291. The zero-order chi connectivity index (χ0) is 23.1. The van der Waals surface area contributed by atoms with Gasteiger partial charge in [0.2, 0.25) is 10.0 Å². The molecule has 0 saturated heterocycles. The van der Waals surface area contributed by atoms with E-state index in [4.69, 9.17) is 21.5 Å². The Labute approximate surface area is 194 Å². The minimum Gasteiger partial charge on any atom is -0.496 e. The molecular weight excluding hydrogens is 494 g/mol. The number of nitrogens with two attached hydrogens (primary N) is 1. The highest BCUT2D eigenvalue weighted by molar-refractivity contribution is 7.92. The number of sulfonamides is 1. The average molecular weight is 512 g/mol. The number of primary sulfonamides is 1. The van der Waals surface area contributed by atoms with Gasteiger partial charge in [0.25, 0.3) is 0 Å². The highest BCUT2D eigenvalue weighted by Gasteiger charge is 2.24. The second-order valence-electron chi connectivity index (χ2n) is 6.97. The predicted octanol–water partition coefficient (Wildman–Crippen LogP) is 3.43. The van der Waals surface area contributed by atoms with E-state index in [0.717, 1.165) is 16.9 Å². The lowest BCUT2D eigenvalue weighted by atomic mass is 10.2. The summed E-state index contributed by atoms with van der Waals surface area (Å²) in [6.07, 6.45) is 0. The molecule has 2 N–H and O–H groups in total. The highest BCUT2D eigenvalue weighted by atomic mass is 35.5. The van der Waals surface area contributed by atoms with Crippen LogP contribution >= 0.6 is 22.9 Å². The second-order valence-corrected chi connectivity index (χ2v) is 12.5. The Balaban J connectivity index is 1.76. The maximum Gasteiger partial charge on any atom is 0.238 e. The van der Waals surface area contributed by atoms with Crippen molar-refractivity contribution < 1.29 is 21.6 Å². The third kappa shape index (κ3) is 4.52. The van der Waals surface area contributed by atoms with Gasteiger partial charge in [0.05, 0.1) is 39.5 Å². The van der Waals surface area contributed by atoms with Crippen LogP contribution in [0.15, 0.2) is 63.7 Å². The summed E-state index contributed by atoms with van der Waals surface area (Å²) < 4.78 is 56.5. The Kier molecular flexibility index (Phi) is 6.03. The van der Waals surface area contributed by atoms with Gasteiger partial charge in [-0.1, -0.05) is 29.8 Å². The maximum atomic E-state index is 13.0. The molecule has 12 heteroatoms. The van der Waals surface area contributed by atoms with Crippen molar-refractivity contribution in [2.24, 2.45) is 5.14 Å². The lowest BCUT2D eigenvalue weighted by Crippen LogP contribution is -2.12. The van der Waals surface area contributed by atoms with Crippen LogP contribution in [0.2, 0.25) is 4.34 Å². The summed E-state index contributed by atoms with van der Waals surface area (Å²) in [5.74, 6) is 0.186. The standard InChI is InChI=1S/C20H18ClN3O5S3/c1-29-17-4-2-3-16-20(17)15(12-31(25,26)19-10-9-18(21)30-19)23-24(16)11-13-5-7-14(8-6-13)32(22,27)28/h2-10H,11-12H2,1H3,(H2,22,27,28). The van der Waals surface area contributed by atoms with Gasteiger partial charge >= 0.3 is 0 Å². The minimum atomic E-state index is -3.79. The molecule has 0 spiro atoms. The molecule has 8 nitrogen and oxygen atoms in total. The molecular formula is C20H18ClN3O5S3. The van der Waals surface area contributed by atoms with E-state index in [1.54, 1.807) is 35.0 Å². The van der Waals surface area contributed by atoms with E-state index in [0.29, 0.717) is 33.2 Å². The van der Waals surface area contributed by atoms with E-state index < -0.39 is 19.9 Å². The number of halogens is 1. The summed E-state index contributed by atoms with van der Waals surface area (Å²) in [5.41, 5.74) is 1.81. The van der Waals surface area contributed by atoms with Gasteiger partial charge in [0.15, 0.2) is 9.84 Å². The van der Waals surface area contributed by atoms with Crippen LogP contribution in [-0.2, 0) is 32.2 Å². The van der Waals surface area contributed by atoms with E-state index in [-0.39, 0.29) is 14.9 Å². The molecule has 0 aliphatic heterocycles. The van der Waals surface area contributed by atoms with Crippen LogP contribution in [-0.4, -0.2) is 33.7 Å². The topological polar surface area (TPSA) is 121 Å². The Morgan fingerprint density at radius 3 is 2.38 bits per heavy atom. The molecule has 4 rings (SSSR count). The third-order valence-corrected chi connectivity index (χ3v) is 9.17. The minimum absolute atomic E-state index is 0.00892. The number of benzene rings is 2. The predicted molar refractivity (Wildman–Crippen MR) is 123 cm³/mol. The van der Waals surface area contributed by atoms with Crippen molar-refractivity contribution in [1.82, 2.24) is 9.78 Å². The van der Waals surface area contributed by atoms with Crippen LogP contribution in [0.4, 0.5) is 0 Å². The summed E-state index contributed by atoms with van der Waals surface area (Å²) in [5, 5.41) is 10.3. The first-order valence-corrected chi connectivity index (χ1v) is 13.6. The quantitative estimate of drug-likeness (QED) is 0.405. The molecule has 0 radical (unpaired) electrons. The number of aromatic nitrogens is 2. The van der Waals surface area contributed by atoms with E-state index in [9.17, 15) is 16.8 Å². The van der Waals surface area contributed by atoms with E-state index in [1.165, 1.54) is 25.3 Å². The van der Waals surface area contributed by atoms with Gasteiger partial charge in [-0.15, -0.1) is 11.3 Å². The molecule has 32 heavy (non-hydrogen) atoms. The molecule has 0 unspecified atom stereocenters. The third-order valence-electron chi connectivity index (χ3n) is 4.80. The first kappa shape index (κ1) is 22.7. The number of hydrogen-bond donors (Lipinski definition) is 1. The van der Waals surface area contributed by atoms with Gasteiger partial charge in [0, 0.05) is 0 Å². The molecule has 0 atom stereocenters. The van der Waals surface area contributed by atoms with Gasteiger partial charge in [-0.25, -0.2) is 22.0 Å². The smallest absolute Gasteiger partial charge is 0.238 e. The Morgan fingerprint density at radius 1 is 1.06 bits per heavy atom. The van der Waals surface area contributed by atoms with Gasteiger partial charge in [-0.2, -0.15) is 5.10 Å². The van der Waals surface area contributed by atoms with Gasteiger partial charge < -0.3 is 4.74 Å². The molecule has 0 aliphatic carbocycles. The molecule has 168 valence electrons. The highest BCUT2D eigenvalue weighted by Crippen LogP contribution is 2.33. The summed E-state index contributed by atoms with van der Waals surface area (Å²) in [4.78, 5) is 0.00892. The molecule has 2 aromatic heterocycles.